The van der Waals surface area contributed by atoms with Gasteiger partial charge in [0.05, 0.1) is 11.2 Å². The largest absolute Gasteiger partial charge is 0.374 e. The third-order valence-corrected chi connectivity index (χ3v) is 5.16. The third-order valence-electron chi connectivity index (χ3n) is 5.16. The number of carbonyl (C=O) groups is 1. The maximum atomic E-state index is 15.1. The Morgan fingerprint density at radius 3 is 2.93 bits per heavy atom. The SMILES string of the molecule is CC#CC(=O)N[C@H]1CCCN(c2c(F)cc(C(N)O)c3[nH]c(C)c(C)c23)C1. The lowest BCUT2D eigenvalue weighted by Crippen LogP contribution is -2.47. The number of halogens is 1. The first-order valence-corrected chi connectivity index (χ1v) is 9.06. The van der Waals surface area contributed by atoms with Gasteiger partial charge in [0.25, 0.3) is 5.91 Å². The fraction of sp³-hybridized carbons (Fsp3) is 0.450. The number of aromatic amines is 1. The van der Waals surface area contributed by atoms with Crippen LogP contribution in [0.4, 0.5) is 10.1 Å². The first-order chi connectivity index (χ1) is 12.8. The van der Waals surface area contributed by atoms with Gasteiger partial charge in [-0.3, -0.25) is 4.79 Å². The number of nitrogens with zero attached hydrogens (tertiary/aromatic N) is 1. The number of aliphatic hydroxyl groups is 1. The topological polar surface area (TPSA) is 94.4 Å². The molecule has 0 saturated carbocycles. The lowest BCUT2D eigenvalue weighted by molar-refractivity contribution is -0.116. The summed E-state index contributed by atoms with van der Waals surface area (Å²) in [5.74, 6) is 4.33. The Bertz CT molecular complexity index is 939. The number of nitrogens with one attached hydrogen (secondary N) is 2. The number of hydrogen-bond donors (Lipinski definition) is 4. The fourth-order valence-corrected chi connectivity index (χ4v) is 3.80. The first kappa shape index (κ1) is 19.2. The van der Waals surface area contributed by atoms with E-state index in [-0.39, 0.29) is 11.9 Å². The van der Waals surface area contributed by atoms with Crippen molar-refractivity contribution in [2.45, 2.75) is 45.9 Å². The van der Waals surface area contributed by atoms with E-state index in [4.69, 9.17) is 5.73 Å². The zero-order valence-corrected chi connectivity index (χ0v) is 15.8. The van der Waals surface area contributed by atoms with E-state index in [0.717, 1.165) is 29.5 Å². The number of rotatable bonds is 3. The fourth-order valence-electron chi connectivity index (χ4n) is 3.80. The number of anilines is 1. The van der Waals surface area contributed by atoms with Crippen LogP contribution in [0.3, 0.4) is 0 Å². The van der Waals surface area contributed by atoms with Crippen molar-refractivity contribution in [3.8, 4) is 11.8 Å². The van der Waals surface area contributed by atoms with E-state index in [1.54, 1.807) is 6.92 Å². The molecule has 2 heterocycles. The average molecular weight is 372 g/mol. The summed E-state index contributed by atoms with van der Waals surface area (Å²) in [6.45, 7) is 6.63. The van der Waals surface area contributed by atoms with Crippen molar-refractivity contribution in [3.63, 3.8) is 0 Å². The molecule has 2 atom stereocenters. The van der Waals surface area contributed by atoms with Crippen LogP contribution in [0.15, 0.2) is 6.07 Å². The molecule has 1 aromatic heterocycles. The highest BCUT2D eigenvalue weighted by Crippen LogP contribution is 2.38. The van der Waals surface area contributed by atoms with E-state index >= 15 is 4.39 Å². The second kappa shape index (κ2) is 7.59. The van der Waals surface area contributed by atoms with Crippen LogP contribution in [0.5, 0.6) is 0 Å². The number of piperidine rings is 1. The quantitative estimate of drug-likeness (QED) is 0.490. The molecule has 1 aromatic carbocycles. The van der Waals surface area contributed by atoms with Crippen molar-refractivity contribution >= 4 is 22.5 Å². The molecule has 1 aliphatic rings. The number of benzene rings is 1. The number of aromatic nitrogens is 1. The second-order valence-electron chi connectivity index (χ2n) is 7.00. The molecule has 7 heteroatoms. The van der Waals surface area contributed by atoms with Crippen LogP contribution in [-0.2, 0) is 4.79 Å². The molecule has 1 fully saturated rings. The Balaban J connectivity index is 2.03. The Morgan fingerprint density at radius 2 is 2.26 bits per heavy atom. The molecule has 0 spiro atoms. The van der Waals surface area contributed by atoms with Gasteiger partial charge in [-0.2, -0.15) is 0 Å². The van der Waals surface area contributed by atoms with Crippen molar-refractivity contribution in [1.29, 1.82) is 0 Å². The molecule has 2 aromatic rings. The second-order valence-corrected chi connectivity index (χ2v) is 7.00. The zero-order valence-electron chi connectivity index (χ0n) is 15.8. The molecular weight excluding hydrogens is 347 g/mol. The molecule has 3 rings (SSSR count). The molecule has 0 radical (unpaired) electrons. The number of carbonyl (C=O) groups excluding carboxylic acids is 1. The summed E-state index contributed by atoms with van der Waals surface area (Å²) < 4.78 is 15.1. The van der Waals surface area contributed by atoms with Crippen molar-refractivity contribution in [1.82, 2.24) is 10.3 Å². The highest BCUT2D eigenvalue weighted by Gasteiger charge is 2.27. The van der Waals surface area contributed by atoms with E-state index in [0.29, 0.717) is 29.9 Å². The number of amides is 1. The van der Waals surface area contributed by atoms with Crippen molar-refractivity contribution in [3.05, 3.63) is 28.7 Å². The monoisotopic (exact) mass is 372 g/mol. The molecule has 1 saturated heterocycles. The van der Waals surface area contributed by atoms with Crippen LogP contribution < -0.4 is 16.0 Å². The number of hydrogen-bond acceptors (Lipinski definition) is 4. The standard InChI is InChI=1S/C20H25FN4O2/c1-4-6-16(26)24-13-7-5-8-25(10-13)19-15(21)9-14(20(22)27)18-17(19)11(2)12(3)23-18/h9,13,20,23,27H,5,7-8,10,22H2,1-3H3,(H,24,26)/t13-,20?/m0/s1. The smallest absolute Gasteiger partial charge is 0.296 e. The number of nitrogens with two attached hydrogens (primary N) is 1. The van der Waals surface area contributed by atoms with E-state index in [9.17, 15) is 9.90 Å². The Hall–Kier alpha value is -2.56. The van der Waals surface area contributed by atoms with Gasteiger partial charge in [-0.1, -0.05) is 5.92 Å². The predicted octanol–water partition coefficient (Wildman–Crippen LogP) is 1.98. The van der Waals surface area contributed by atoms with Crippen LogP contribution in [-0.4, -0.2) is 35.1 Å². The van der Waals surface area contributed by atoms with E-state index in [2.05, 4.69) is 22.1 Å². The Kier molecular flexibility index (Phi) is 5.40. The molecule has 1 aliphatic heterocycles. The molecule has 1 amide bonds. The van der Waals surface area contributed by atoms with Gasteiger partial charge in [0, 0.05) is 35.8 Å². The Labute approximate surface area is 157 Å². The molecule has 0 bridgehead atoms. The summed E-state index contributed by atoms with van der Waals surface area (Å²) in [5, 5.41) is 13.5. The summed E-state index contributed by atoms with van der Waals surface area (Å²) in [6, 6.07) is 1.20. The lowest BCUT2D eigenvalue weighted by atomic mass is 10.00. The van der Waals surface area contributed by atoms with Crippen LogP contribution >= 0.6 is 0 Å². The van der Waals surface area contributed by atoms with Gasteiger partial charge >= 0.3 is 0 Å². The van der Waals surface area contributed by atoms with Gasteiger partial charge < -0.3 is 26.0 Å². The molecular formula is C20H25FN4O2. The molecule has 0 aliphatic carbocycles. The summed E-state index contributed by atoms with van der Waals surface area (Å²) in [4.78, 5) is 17.0. The molecule has 1 unspecified atom stereocenters. The zero-order chi connectivity index (χ0) is 19.7. The number of aryl methyl sites for hydroxylation is 2. The highest BCUT2D eigenvalue weighted by atomic mass is 19.1. The minimum Gasteiger partial charge on any atom is -0.374 e. The van der Waals surface area contributed by atoms with Crippen molar-refractivity contribution in [2.75, 3.05) is 18.0 Å². The summed E-state index contributed by atoms with van der Waals surface area (Å²) in [7, 11) is 0. The summed E-state index contributed by atoms with van der Waals surface area (Å²) in [5.41, 5.74) is 8.93. The van der Waals surface area contributed by atoms with Gasteiger partial charge in [0.15, 0.2) is 0 Å². The Morgan fingerprint density at radius 1 is 1.52 bits per heavy atom. The maximum absolute atomic E-state index is 15.1. The predicted molar refractivity (Wildman–Crippen MR) is 104 cm³/mol. The number of aliphatic hydroxyl groups excluding tert-OH is 1. The van der Waals surface area contributed by atoms with Crippen LogP contribution in [0.1, 0.15) is 42.8 Å². The molecule has 5 N–H and O–H groups in total. The van der Waals surface area contributed by atoms with Gasteiger partial charge in [-0.15, -0.1) is 0 Å². The molecule has 144 valence electrons. The summed E-state index contributed by atoms with van der Waals surface area (Å²) in [6.07, 6.45) is 0.382. The molecule has 27 heavy (non-hydrogen) atoms. The van der Waals surface area contributed by atoms with Gasteiger partial charge in [-0.05, 0) is 51.2 Å². The maximum Gasteiger partial charge on any atom is 0.296 e. The van der Waals surface area contributed by atoms with Gasteiger partial charge in [-0.25, -0.2) is 4.39 Å². The van der Waals surface area contributed by atoms with Crippen molar-refractivity contribution < 1.29 is 14.3 Å². The summed E-state index contributed by atoms with van der Waals surface area (Å²) >= 11 is 0. The molecule has 6 nitrogen and oxygen atoms in total. The van der Waals surface area contributed by atoms with E-state index in [1.165, 1.54) is 6.07 Å². The van der Waals surface area contributed by atoms with Gasteiger partial charge in [0.1, 0.15) is 12.0 Å². The minimum atomic E-state index is -1.27. The average Bonchev–Trinajstić information content (AvgIpc) is 2.90. The van der Waals surface area contributed by atoms with Crippen LogP contribution in [0, 0.1) is 31.5 Å². The van der Waals surface area contributed by atoms with Gasteiger partial charge in [0.2, 0.25) is 0 Å². The normalized spacial score (nSPS) is 18.1. The number of fused-ring (bicyclic) bond motifs is 1. The van der Waals surface area contributed by atoms with E-state index < -0.39 is 12.0 Å². The van der Waals surface area contributed by atoms with Crippen molar-refractivity contribution in [2.24, 2.45) is 5.73 Å². The van der Waals surface area contributed by atoms with Crippen LogP contribution in [0.2, 0.25) is 0 Å². The number of H-pyrrole nitrogens is 1. The lowest BCUT2D eigenvalue weighted by Gasteiger charge is -2.35. The van der Waals surface area contributed by atoms with Crippen LogP contribution in [0.25, 0.3) is 10.9 Å². The van der Waals surface area contributed by atoms with E-state index in [1.807, 2.05) is 18.7 Å². The third kappa shape index (κ3) is 3.64. The minimum absolute atomic E-state index is 0.0957. The first-order valence-electron chi connectivity index (χ1n) is 9.06. The highest BCUT2D eigenvalue weighted by molar-refractivity contribution is 5.99.